The van der Waals surface area contributed by atoms with Crippen LogP contribution < -0.4 is 16.8 Å². The Hall–Kier alpha value is -3.19. The van der Waals surface area contributed by atoms with Crippen molar-refractivity contribution in [1.29, 1.82) is 0 Å². The zero-order chi connectivity index (χ0) is 24.8. The van der Waals surface area contributed by atoms with E-state index in [9.17, 15) is 27.5 Å². The Bertz CT molecular complexity index is 1070. The maximum Gasteiger partial charge on any atom is 0.277 e. The van der Waals surface area contributed by atoms with Gasteiger partial charge in [0, 0.05) is 19.3 Å². The Kier molecular flexibility index (Phi) is 8.45. The molecular weight excluding hydrogens is 476 g/mol. The van der Waals surface area contributed by atoms with Crippen molar-refractivity contribution in [2.24, 2.45) is 10.7 Å². The Labute approximate surface area is 197 Å². The Morgan fingerprint density at radius 2 is 2.03 bits per heavy atom. The number of thiazole rings is 1. The Balaban J connectivity index is 1.87. The first kappa shape index (κ1) is 25.4. The normalized spacial score (nSPS) is 17.7. The molecule has 1 fully saturated rings. The lowest BCUT2D eigenvalue weighted by Crippen LogP contribution is -2.40. The number of amides is 1. The predicted molar refractivity (Wildman–Crippen MR) is 121 cm³/mol. The van der Waals surface area contributed by atoms with E-state index in [1.807, 2.05) is 0 Å². The number of hydrogen-bond acceptors (Lipinski definition) is 7. The summed E-state index contributed by atoms with van der Waals surface area (Å²) in [7, 11) is 0. The number of nitrogens with one attached hydrogen (secondary N) is 1. The highest BCUT2D eigenvalue weighted by molar-refractivity contribution is 7.19. The van der Waals surface area contributed by atoms with Crippen LogP contribution in [0.15, 0.2) is 35.1 Å². The minimum Gasteiger partial charge on any atom is -0.403 e. The fourth-order valence-corrected chi connectivity index (χ4v) is 4.34. The second-order valence-corrected chi connectivity index (χ2v) is 8.52. The first-order chi connectivity index (χ1) is 16.2. The fourth-order valence-electron chi connectivity index (χ4n) is 3.46. The van der Waals surface area contributed by atoms with Crippen LogP contribution in [0.1, 0.15) is 29.8 Å². The topological polar surface area (TPSA) is 130 Å². The highest BCUT2D eigenvalue weighted by Crippen LogP contribution is 2.33. The number of nitrogen functional groups attached to an aromatic ring is 1. The van der Waals surface area contributed by atoms with E-state index in [1.54, 1.807) is 4.90 Å². The molecule has 1 atom stereocenters. The zero-order valence-corrected chi connectivity index (χ0v) is 18.8. The predicted octanol–water partition coefficient (Wildman–Crippen LogP) is 2.71. The number of hydrogen-bond donors (Lipinski definition) is 4. The number of alkyl halides is 2. The van der Waals surface area contributed by atoms with E-state index in [0.29, 0.717) is 32.4 Å². The van der Waals surface area contributed by atoms with Gasteiger partial charge in [-0.15, -0.1) is 0 Å². The van der Waals surface area contributed by atoms with Crippen LogP contribution >= 0.6 is 11.3 Å². The van der Waals surface area contributed by atoms with E-state index in [0.717, 1.165) is 29.7 Å². The number of halogens is 4. The first-order valence-corrected chi connectivity index (χ1v) is 11.2. The van der Waals surface area contributed by atoms with Crippen LogP contribution in [-0.2, 0) is 0 Å². The molecular formula is C21H24F4N6O2S. The van der Waals surface area contributed by atoms with Crippen molar-refractivity contribution < 1.29 is 27.5 Å². The van der Waals surface area contributed by atoms with E-state index in [4.69, 9.17) is 11.5 Å². The lowest BCUT2D eigenvalue weighted by Gasteiger charge is -2.26. The molecule has 1 saturated heterocycles. The van der Waals surface area contributed by atoms with Crippen molar-refractivity contribution in [1.82, 2.24) is 15.2 Å². The summed E-state index contributed by atoms with van der Waals surface area (Å²) in [5, 5.41) is 12.1. The molecule has 13 heteroatoms. The summed E-state index contributed by atoms with van der Waals surface area (Å²) in [4.78, 5) is 22.5. The van der Waals surface area contributed by atoms with Gasteiger partial charge in [0.15, 0.2) is 5.69 Å². The maximum atomic E-state index is 14.1. The third-order valence-corrected chi connectivity index (χ3v) is 5.98. The molecule has 0 aliphatic carbocycles. The van der Waals surface area contributed by atoms with Crippen molar-refractivity contribution in [3.63, 3.8) is 0 Å². The number of aliphatic imine (C=N–C) groups is 1. The summed E-state index contributed by atoms with van der Waals surface area (Å²) in [5.41, 5.74) is 10.8. The van der Waals surface area contributed by atoms with Crippen molar-refractivity contribution >= 4 is 28.1 Å². The number of nitrogens with two attached hydrogens (primary N) is 2. The van der Waals surface area contributed by atoms with Crippen molar-refractivity contribution in [2.75, 3.05) is 25.4 Å². The average molecular weight is 501 g/mol. The second-order valence-electron chi connectivity index (χ2n) is 7.49. The van der Waals surface area contributed by atoms with Gasteiger partial charge in [0.05, 0.1) is 17.4 Å². The summed E-state index contributed by atoms with van der Waals surface area (Å²) >= 11 is 0.720. The number of likely N-dealkylation sites (tertiary alicyclic amines) is 1. The van der Waals surface area contributed by atoms with Crippen LogP contribution in [0.25, 0.3) is 10.6 Å². The molecule has 0 saturated carbocycles. The summed E-state index contributed by atoms with van der Waals surface area (Å²) in [6, 6.07) is 3.29. The Morgan fingerprint density at radius 3 is 2.68 bits per heavy atom. The van der Waals surface area contributed by atoms with E-state index in [1.165, 1.54) is 6.07 Å². The molecule has 0 bridgehead atoms. The average Bonchev–Trinajstić information content (AvgIpc) is 3.03. The lowest BCUT2D eigenvalue weighted by molar-refractivity contribution is 0.0963. The van der Waals surface area contributed by atoms with Crippen molar-refractivity contribution in [3.05, 3.63) is 47.4 Å². The van der Waals surface area contributed by atoms with E-state index >= 15 is 0 Å². The molecule has 2 aromatic rings. The van der Waals surface area contributed by atoms with Crippen LogP contribution in [-0.4, -0.2) is 58.9 Å². The quantitative estimate of drug-likeness (QED) is 0.274. The molecule has 1 aromatic carbocycles. The molecule has 2 heterocycles. The minimum atomic E-state index is -2.73. The summed E-state index contributed by atoms with van der Waals surface area (Å²) in [6.45, 7) is -0.106. The van der Waals surface area contributed by atoms with Gasteiger partial charge in [-0.25, -0.2) is 22.5 Å². The molecule has 34 heavy (non-hydrogen) atoms. The molecule has 1 aliphatic rings. The van der Waals surface area contributed by atoms with Crippen LogP contribution in [0.2, 0.25) is 0 Å². The molecule has 6 N–H and O–H groups in total. The first-order valence-electron chi connectivity index (χ1n) is 10.4. The number of aliphatic hydroxyl groups excluding tert-OH is 1. The lowest BCUT2D eigenvalue weighted by atomic mass is 10.2. The number of anilines is 1. The van der Waals surface area contributed by atoms with Gasteiger partial charge < -0.3 is 26.8 Å². The Morgan fingerprint density at radius 1 is 1.32 bits per heavy atom. The van der Waals surface area contributed by atoms with Gasteiger partial charge in [-0.2, -0.15) is 0 Å². The van der Waals surface area contributed by atoms with Gasteiger partial charge >= 0.3 is 0 Å². The minimum absolute atomic E-state index is 0.0272. The van der Waals surface area contributed by atoms with Crippen LogP contribution in [0.3, 0.4) is 0 Å². The van der Waals surface area contributed by atoms with Crippen molar-refractivity contribution in [3.8, 4) is 10.6 Å². The number of aliphatic hydroxyl groups is 1. The molecule has 1 aliphatic heterocycles. The zero-order valence-electron chi connectivity index (χ0n) is 18.0. The standard InChI is InChI=1S/C21H24F4N6O2S/c22-12-4-1-5-13(23)16(12)21-30-17(18(27)34-21)20(33)29-14(9-26)19(28-10-15(24)25)31-7-2-3-11(32)6-8-31/h1,4-5,9,11,15,32H,2-3,6-8,10,26-27H2,(H,29,33)/b14-9+,28-19?. The van der Waals surface area contributed by atoms with Crippen LogP contribution in [0.4, 0.5) is 22.6 Å². The SMILES string of the molecule is N/C=C(/NC(=O)c1nc(-c2c(F)cccc2F)sc1N)C(=NCC(F)F)N1CCCC(O)CC1. The van der Waals surface area contributed by atoms with E-state index in [-0.39, 0.29) is 27.2 Å². The highest BCUT2D eigenvalue weighted by atomic mass is 32.1. The smallest absolute Gasteiger partial charge is 0.277 e. The second kappa shape index (κ2) is 11.3. The van der Waals surface area contributed by atoms with Crippen molar-refractivity contribution in [2.45, 2.75) is 31.8 Å². The van der Waals surface area contributed by atoms with Gasteiger partial charge in [-0.05, 0) is 31.4 Å². The molecule has 0 spiro atoms. The summed E-state index contributed by atoms with van der Waals surface area (Å²) in [6.07, 6.45) is -0.753. The van der Waals surface area contributed by atoms with Gasteiger partial charge in [0.1, 0.15) is 34.0 Å². The van der Waals surface area contributed by atoms with Crippen LogP contribution in [0.5, 0.6) is 0 Å². The number of benzene rings is 1. The number of carbonyl (C=O) groups excluding carboxylic acids is 1. The maximum absolute atomic E-state index is 14.1. The third kappa shape index (κ3) is 6.03. The van der Waals surface area contributed by atoms with Gasteiger partial charge in [0.2, 0.25) is 0 Å². The number of nitrogens with zero attached hydrogens (tertiary/aromatic N) is 3. The number of amidine groups is 1. The largest absolute Gasteiger partial charge is 0.403 e. The summed E-state index contributed by atoms with van der Waals surface area (Å²) < 4.78 is 54.0. The molecule has 1 amide bonds. The highest BCUT2D eigenvalue weighted by Gasteiger charge is 2.25. The molecule has 184 valence electrons. The van der Waals surface area contributed by atoms with Crippen LogP contribution in [0, 0.1) is 11.6 Å². The summed E-state index contributed by atoms with van der Waals surface area (Å²) in [5.74, 6) is -2.56. The molecule has 0 radical (unpaired) electrons. The molecule has 3 rings (SSSR count). The molecule has 1 unspecified atom stereocenters. The fraction of sp³-hybridized carbons (Fsp3) is 0.381. The van der Waals surface area contributed by atoms with E-state index in [2.05, 4.69) is 15.3 Å². The number of aromatic nitrogens is 1. The van der Waals surface area contributed by atoms with Gasteiger partial charge in [-0.1, -0.05) is 17.4 Å². The van der Waals surface area contributed by atoms with Gasteiger partial charge in [-0.3, -0.25) is 9.79 Å². The van der Waals surface area contributed by atoms with Gasteiger partial charge in [0.25, 0.3) is 12.3 Å². The number of carbonyl (C=O) groups is 1. The number of rotatable bonds is 6. The monoisotopic (exact) mass is 500 g/mol. The third-order valence-electron chi connectivity index (χ3n) is 5.08. The molecule has 1 aromatic heterocycles. The van der Waals surface area contributed by atoms with E-state index < -0.39 is 42.2 Å². The molecule has 8 nitrogen and oxygen atoms in total.